The summed E-state index contributed by atoms with van der Waals surface area (Å²) in [5.41, 5.74) is 1.69. The molecule has 0 saturated carbocycles. The molecule has 7 heteroatoms. The predicted molar refractivity (Wildman–Crippen MR) is 112 cm³/mol. The smallest absolute Gasteiger partial charge is 0.408 e. The highest BCUT2D eigenvalue weighted by atomic mass is 16.5. The first-order valence-electron chi connectivity index (χ1n) is 9.64. The average Bonchev–Trinajstić information content (AvgIpc) is 2.77. The van der Waals surface area contributed by atoms with Gasteiger partial charge in [-0.3, -0.25) is 9.59 Å². The van der Waals surface area contributed by atoms with Crippen LogP contribution in [0.25, 0.3) is 0 Å². The number of esters is 1. The van der Waals surface area contributed by atoms with Crippen LogP contribution in [0.3, 0.4) is 0 Å². The van der Waals surface area contributed by atoms with Crippen LogP contribution in [-0.4, -0.2) is 37.2 Å². The lowest BCUT2D eigenvalue weighted by molar-refractivity contribution is -0.142. The largest absolute Gasteiger partial charge is 0.460 e. The molecule has 0 saturated heterocycles. The Balaban J connectivity index is 1.92. The molecule has 2 aromatic rings. The van der Waals surface area contributed by atoms with Gasteiger partial charge in [-0.05, 0) is 18.1 Å². The highest BCUT2D eigenvalue weighted by Crippen LogP contribution is 2.05. The van der Waals surface area contributed by atoms with E-state index in [9.17, 15) is 14.4 Å². The molecular formula is C23H26N2O5. The summed E-state index contributed by atoms with van der Waals surface area (Å²) in [6, 6.07) is 17.6. The summed E-state index contributed by atoms with van der Waals surface area (Å²) in [4.78, 5) is 36.5. The van der Waals surface area contributed by atoms with Crippen LogP contribution in [0.4, 0.5) is 4.79 Å². The quantitative estimate of drug-likeness (QED) is 0.464. The number of ether oxygens (including phenoxy) is 2. The van der Waals surface area contributed by atoms with Gasteiger partial charge in [-0.1, -0.05) is 72.8 Å². The Kier molecular flexibility index (Phi) is 9.65. The molecule has 0 fully saturated rings. The van der Waals surface area contributed by atoms with Crippen LogP contribution in [0.1, 0.15) is 18.1 Å². The maximum atomic E-state index is 12.6. The maximum Gasteiger partial charge on any atom is 0.408 e. The molecule has 2 N–H and O–H groups in total. The van der Waals surface area contributed by atoms with Gasteiger partial charge in [0.25, 0.3) is 0 Å². The van der Waals surface area contributed by atoms with E-state index in [4.69, 9.17) is 9.47 Å². The minimum atomic E-state index is -0.904. The van der Waals surface area contributed by atoms with Gasteiger partial charge in [0.05, 0.1) is 0 Å². The fourth-order valence-corrected chi connectivity index (χ4v) is 2.54. The molecule has 0 aromatic heterocycles. The minimum absolute atomic E-state index is 0.0869. The van der Waals surface area contributed by atoms with E-state index < -0.39 is 24.0 Å². The van der Waals surface area contributed by atoms with Crippen LogP contribution in [0.5, 0.6) is 0 Å². The van der Waals surface area contributed by atoms with Crippen molar-refractivity contribution < 1.29 is 23.9 Å². The number of nitrogens with one attached hydrogen (secondary N) is 2. The van der Waals surface area contributed by atoms with Crippen LogP contribution in [0.15, 0.2) is 72.8 Å². The molecule has 0 radical (unpaired) electrons. The number of carbonyl (C=O) groups excluding carboxylic acids is 3. The number of carbonyl (C=O) groups is 3. The van der Waals surface area contributed by atoms with E-state index in [0.717, 1.165) is 11.1 Å². The van der Waals surface area contributed by atoms with E-state index in [2.05, 4.69) is 10.6 Å². The van der Waals surface area contributed by atoms with Gasteiger partial charge >= 0.3 is 12.1 Å². The van der Waals surface area contributed by atoms with Crippen molar-refractivity contribution in [2.24, 2.45) is 0 Å². The van der Waals surface area contributed by atoms with Gasteiger partial charge in [-0.2, -0.15) is 0 Å². The van der Waals surface area contributed by atoms with E-state index in [1.165, 1.54) is 0 Å². The maximum absolute atomic E-state index is 12.6. The van der Waals surface area contributed by atoms with E-state index in [0.29, 0.717) is 0 Å². The predicted octanol–water partition coefficient (Wildman–Crippen LogP) is 2.76. The molecule has 2 aromatic carbocycles. The first kappa shape index (κ1) is 22.7. The van der Waals surface area contributed by atoms with Crippen LogP contribution in [-0.2, 0) is 32.1 Å². The Morgan fingerprint density at radius 2 is 1.57 bits per heavy atom. The fourth-order valence-electron chi connectivity index (χ4n) is 2.54. The Hall–Kier alpha value is -3.61. The summed E-state index contributed by atoms with van der Waals surface area (Å²) >= 11 is 0. The monoisotopic (exact) mass is 410 g/mol. The number of benzene rings is 2. The number of alkyl carbamates (subject to hydrolysis) is 1. The molecule has 0 spiro atoms. The summed E-state index contributed by atoms with van der Waals surface area (Å²) in [7, 11) is 0. The third-order valence-electron chi connectivity index (χ3n) is 4.09. The molecule has 158 valence electrons. The van der Waals surface area contributed by atoms with E-state index in [-0.39, 0.29) is 26.2 Å². The molecule has 1 atom stereocenters. The molecule has 0 unspecified atom stereocenters. The Morgan fingerprint density at radius 3 is 2.20 bits per heavy atom. The summed E-state index contributed by atoms with van der Waals surface area (Å²) < 4.78 is 10.2. The summed E-state index contributed by atoms with van der Waals surface area (Å²) in [5.74, 6) is -1.06. The van der Waals surface area contributed by atoms with Crippen LogP contribution < -0.4 is 10.6 Å². The molecule has 0 bridgehead atoms. The highest BCUT2D eigenvalue weighted by molar-refractivity contribution is 5.88. The standard InChI is InChI=1S/C23H26N2O5/c1-2-3-14-29-21(26)16-24-22(27)20(15-18-10-6-4-7-11-18)25-23(28)30-17-19-12-8-5-9-13-19/h2-13,20H,14-17H2,1H3,(H,24,27)(H,25,28)/b3-2+/t20-/m0/s1. The Bertz CT molecular complexity index is 837. The number of amides is 2. The molecular weight excluding hydrogens is 384 g/mol. The molecule has 0 aliphatic heterocycles. The SMILES string of the molecule is C/C=C/COC(=O)CNC(=O)[C@H](Cc1ccccc1)NC(=O)OCc1ccccc1. The van der Waals surface area contributed by atoms with Crippen molar-refractivity contribution in [1.29, 1.82) is 0 Å². The van der Waals surface area contributed by atoms with Gasteiger partial charge in [-0.15, -0.1) is 0 Å². The second-order valence-electron chi connectivity index (χ2n) is 6.42. The van der Waals surface area contributed by atoms with Crippen molar-refractivity contribution in [2.75, 3.05) is 13.2 Å². The summed E-state index contributed by atoms with van der Waals surface area (Å²) in [6.45, 7) is 1.75. The van der Waals surface area contributed by atoms with Crippen LogP contribution in [0, 0.1) is 0 Å². The fraction of sp³-hybridized carbons (Fsp3) is 0.261. The summed E-state index contributed by atoms with van der Waals surface area (Å²) in [6.07, 6.45) is 2.97. The second kappa shape index (κ2) is 12.8. The topological polar surface area (TPSA) is 93.7 Å². The summed E-state index contributed by atoms with van der Waals surface area (Å²) in [5, 5.41) is 5.08. The van der Waals surface area contributed by atoms with Gasteiger partial charge in [-0.25, -0.2) is 4.79 Å². The number of allylic oxidation sites excluding steroid dienone is 1. The third kappa shape index (κ3) is 8.60. The first-order chi connectivity index (χ1) is 14.6. The second-order valence-corrected chi connectivity index (χ2v) is 6.42. The van der Waals surface area contributed by atoms with Gasteiger partial charge in [0.15, 0.2) is 0 Å². The normalized spacial score (nSPS) is 11.5. The Labute approximate surface area is 176 Å². The molecule has 30 heavy (non-hydrogen) atoms. The molecule has 0 heterocycles. The molecule has 0 aliphatic carbocycles. The molecule has 0 aliphatic rings. The first-order valence-corrected chi connectivity index (χ1v) is 9.64. The van der Waals surface area contributed by atoms with Crippen molar-refractivity contribution in [1.82, 2.24) is 10.6 Å². The van der Waals surface area contributed by atoms with Gasteiger partial charge < -0.3 is 20.1 Å². The van der Waals surface area contributed by atoms with E-state index in [1.807, 2.05) is 67.6 Å². The lowest BCUT2D eigenvalue weighted by atomic mass is 10.1. The molecule has 7 nitrogen and oxygen atoms in total. The average molecular weight is 410 g/mol. The number of rotatable bonds is 10. The van der Waals surface area contributed by atoms with Crippen LogP contribution in [0.2, 0.25) is 0 Å². The van der Waals surface area contributed by atoms with Crippen molar-refractivity contribution in [3.8, 4) is 0 Å². The zero-order valence-corrected chi connectivity index (χ0v) is 16.9. The van der Waals surface area contributed by atoms with Crippen LogP contribution >= 0.6 is 0 Å². The van der Waals surface area contributed by atoms with E-state index >= 15 is 0 Å². The third-order valence-corrected chi connectivity index (χ3v) is 4.09. The highest BCUT2D eigenvalue weighted by Gasteiger charge is 2.22. The number of hydrogen-bond acceptors (Lipinski definition) is 5. The zero-order chi connectivity index (χ0) is 21.6. The molecule has 2 rings (SSSR count). The lowest BCUT2D eigenvalue weighted by Crippen LogP contribution is -2.49. The van der Waals surface area contributed by atoms with Crippen molar-refractivity contribution in [3.05, 3.63) is 83.9 Å². The van der Waals surface area contributed by atoms with Gasteiger partial charge in [0, 0.05) is 6.42 Å². The van der Waals surface area contributed by atoms with Crippen molar-refractivity contribution >= 4 is 18.0 Å². The van der Waals surface area contributed by atoms with Crippen molar-refractivity contribution in [2.45, 2.75) is 26.0 Å². The minimum Gasteiger partial charge on any atom is -0.460 e. The van der Waals surface area contributed by atoms with E-state index in [1.54, 1.807) is 12.2 Å². The van der Waals surface area contributed by atoms with Gasteiger partial charge in [0.2, 0.25) is 5.91 Å². The number of hydrogen-bond donors (Lipinski definition) is 2. The Morgan fingerprint density at radius 1 is 0.933 bits per heavy atom. The zero-order valence-electron chi connectivity index (χ0n) is 16.9. The molecule has 2 amide bonds. The van der Waals surface area contributed by atoms with Crippen molar-refractivity contribution in [3.63, 3.8) is 0 Å². The van der Waals surface area contributed by atoms with Gasteiger partial charge in [0.1, 0.15) is 25.8 Å². The lowest BCUT2D eigenvalue weighted by Gasteiger charge is -2.18.